The van der Waals surface area contributed by atoms with Crippen LogP contribution in [-0.2, 0) is 5.75 Å². The van der Waals surface area contributed by atoms with Crippen LogP contribution in [0.15, 0.2) is 24.3 Å². The van der Waals surface area contributed by atoms with Crippen molar-refractivity contribution < 1.29 is 4.92 Å². The van der Waals surface area contributed by atoms with Crippen LogP contribution >= 0.6 is 11.8 Å². The van der Waals surface area contributed by atoms with E-state index in [2.05, 4.69) is 5.32 Å². The van der Waals surface area contributed by atoms with Crippen LogP contribution in [0.5, 0.6) is 0 Å². The molecule has 1 fully saturated rings. The van der Waals surface area contributed by atoms with Crippen molar-refractivity contribution in [2.75, 3.05) is 18.8 Å². The molecule has 4 nitrogen and oxygen atoms in total. The first-order chi connectivity index (χ1) is 7.75. The molecule has 5 heteroatoms. The first-order valence-corrected chi connectivity index (χ1v) is 6.43. The second-order valence-electron chi connectivity index (χ2n) is 3.96. The number of nitrogens with one attached hydrogen (secondary N) is 1. The third-order valence-corrected chi connectivity index (χ3v) is 3.88. The Morgan fingerprint density at radius 2 is 2.06 bits per heavy atom. The van der Waals surface area contributed by atoms with Crippen LogP contribution in [0, 0.1) is 16.0 Å². The van der Waals surface area contributed by atoms with Gasteiger partial charge in [0.05, 0.1) is 4.92 Å². The number of non-ortho nitro benzene ring substituents is 1. The molecule has 1 heterocycles. The van der Waals surface area contributed by atoms with E-state index in [1.807, 2.05) is 23.9 Å². The van der Waals surface area contributed by atoms with Crippen LogP contribution in [0.25, 0.3) is 0 Å². The van der Waals surface area contributed by atoms with Gasteiger partial charge >= 0.3 is 0 Å². The minimum absolute atomic E-state index is 0.164. The van der Waals surface area contributed by atoms with Crippen molar-refractivity contribution in [1.82, 2.24) is 5.32 Å². The number of thioether (sulfide) groups is 1. The highest BCUT2D eigenvalue weighted by Crippen LogP contribution is 2.19. The molecule has 0 saturated carbocycles. The van der Waals surface area contributed by atoms with Gasteiger partial charge in [-0.1, -0.05) is 12.1 Å². The Hall–Kier alpha value is -1.07. The van der Waals surface area contributed by atoms with Gasteiger partial charge in [0, 0.05) is 17.9 Å². The highest BCUT2D eigenvalue weighted by Gasteiger charge is 2.15. The highest BCUT2D eigenvalue weighted by molar-refractivity contribution is 7.98. The molecule has 0 aromatic heterocycles. The van der Waals surface area contributed by atoms with Gasteiger partial charge in [-0.2, -0.15) is 11.8 Å². The number of nitrogens with zero attached hydrogens (tertiary/aromatic N) is 1. The van der Waals surface area contributed by atoms with Gasteiger partial charge in [0.15, 0.2) is 0 Å². The van der Waals surface area contributed by atoms with E-state index >= 15 is 0 Å². The monoisotopic (exact) mass is 238 g/mol. The fourth-order valence-electron chi connectivity index (χ4n) is 1.52. The molecule has 86 valence electrons. The molecule has 0 spiro atoms. The summed E-state index contributed by atoms with van der Waals surface area (Å²) in [4.78, 5) is 10.1. The number of rotatable bonds is 5. The molecular weight excluding hydrogens is 224 g/mol. The molecule has 2 rings (SSSR count). The zero-order valence-corrected chi connectivity index (χ0v) is 9.70. The summed E-state index contributed by atoms with van der Waals surface area (Å²) in [6.45, 7) is 2.26. The average molecular weight is 238 g/mol. The van der Waals surface area contributed by atoms with Gasteiger partial charge < -0.3 is 5.32 Å². The Labute approximate surface area is 98.6 Å². The van der Waals surface area contributed by atoms with Gasteiger partial charge in [0.1, 0.15) is 0 Å². The molecule has 0 aliphatic carbocycles. The van der Waals surface area contributed by atoms with Crippen LogP contribution < -0.4 is 5.32 Å². The Kier molecular flexibility index (Phi) is 3.79. The molecule has 1 aromatic rings. The minimum atomic E-state index is -0.364. The molecule has 0 atom stereocenters. The number of hydrogen-bond acceptors (Lipinski definition) is 4. The van der Waals surface area contributed by atoms with Gasteiger partial charge in [0.2, 0.25) is 0 Å². The number of benzene rings is 1. The Balaban J connectivity index is 1.78. The normalized spacial score (nSPS) is 15.8. The summed E-state index contributed by atoms with van der Waals surface area (Å²) >= 11 is 1.89. The molecule has 1 N–H and O–H groups in total. The molecular formula is C11H14N2O2S. The molecule has 16 heavy (non-hydrogen) atoms. The van der Waals surface area contributed by atoms with Crippen molar-refractivity contribution in [1.29, 1.82) is 0 Å². The van der Waals surface area contributed by atoms with E-state index in [1.165, 1.54) is 5.75 Å². The van der Waals surface area contributed by atoms with Gasteiger partial charge in [-0.15, -0.1) is 0 Å². The number of hydrogen-bond donors (Lipinski definition) is 1. The summed E-state index contributed by atoms with van der Waals surface area (Å²) in [7, 11) is 0. The van der Waals surface area contributed by atoms with Crippen LogP contribution in [0.2, 0.25) is 0 Å². The first-order valence-electron chi connectivity index (χ1n) is 5.27. The third kappa shape index (κ3) is 2.96. The van der Waals surface area contributed by atoms with Gasteiger partial charge in [0.25, 0.3) is 5.69 Å². The predicted molar refractivity (Wildman–Crippen MR) is 65.6 cm³/mol. The number of nitro benzene ring substituents is 1. The summed E-state index contributed by atoms with van der Waals surface area (Å²) in [6, 6.07) is 6.82. The lowest BCUT2D eigenvalue weighted by atomic mass is 10.1. The van der Waals surface area contributed by atoms with E-state index in [1.54, 1.807) is 12.1 Å². The molecule has 1 aromatic carbocycles. The lowest BCUT2D eigenvalue weighted by Crippen LogP contribution is -2.43. The summed E-state index contributed by atoms with van der Waals surface area (Å²) < 4.78 is 0. The van der Waals surface area contributed by atoms with Crippen LogP contribution in [0.1, 0.15) is 5.56 Å². The molecule has 1 aliphatic heterocycles. The van der Waals surface area contributed by atoms with Crippen molar-refractivity contribution in [2.24, 2.45) is 5.92 Å². The molecule has 0 bridgehead atoms. The molecule has 0 amide bonds. The summed E-state index contributed by atoms with van der Waals surface area (Å²) in [5, 5.41) is 13.7. The first kappa shape index (κ1) is 11.4. The SMILES string of the molecule is O=[N+]([O-])c1ccc(CSCC2CNC2)cc1. The molecule has 0 unspecified atom stereocenters. The van der Waals surface area contributed by atoms with Crippen molar-refractivity contribution >= 4 is 17.4 Å². The second kappa shape index (κ2) is 5.32. The Bertz CT molecular complexity index is 363. The lowest BCUT2D eigenvalue weighted by Gasteiger charge is -2.26. The fraction of sp³-hybridized carbons (Fsp3) is 0.455. The van der Waals surface area contributed by atoms with Crippen molar-refractivity contribution in [3.8, 4) is 0 Å². The predicted octanol–water partition coefficient (Wildman–Crippen LogP) is 2.05. The third-order valence-electron chi connectivity index (χ3n) is 2.64. The van der Waals surface area contributed by atoms with E-state index in [0.717, 1.165) is 30.3 Å². The van der Waals surface area contributed by atoms with E-state index in [-0.39, 0.29) is 10.6 Å². The standard InChI is InChI=1S/C11H14N2O2S/c14-13(15)11-3-1-9(2-4-11)7-16-8-10-5-12-6-10/h1-4,10,12H,5-8H2. The zero-order valence-electron chi connectivity index (χ0n) is 8.89. The summed E-state index contributed by atoms with van der Waals surface area (Å²) in [5.74, 6) is 2.92. The topological polar surface area (TPSA) is 55.2 Å². The minimum Gasteiger partial charge on any atom is -0.316 e. The van der Waals surface area contributed by atoms with Gasteiger partial charge in [-0.25, -0.2) is 0 Å². The van der Waals surface area contributed by atoms with E-state index in [0.29, 0.717) is 0 Å². The number of nitro groups is 1. The van der Waals surface area contributed by atoms with E-state index < -0.39 is 0 Å². The van der Waals surface area contributed by atoms with E-state index in [9.17, 15) is 10.1 Å². The molecule has 1 aliphatic rings. The lowest BCUT2D eigenvalue weighted by molar-refractivity contribution is -0.384. The van der Waals surface area contributed by atoms with Crippen LogP contribution in [0.3, 0.4) is 0 Å². The van der Waals surface area contributed by atoms with Crippen molar-refractivity contribution in [3.63, 3.8) is 0 Å². The van der Waals surface area contributed by atoms with E-state index in [4.69, 9.17) is 0 Å². The maximum Gasteiger partial charge on any atom is 0.269 e. The summed E-state index contributed by atoms with van der Waals surface area (Å²) in [6.07, 6.45) is 0. The average Bonchev–Trinajstić information content (AvgIpc) is 2.22. The van der Waals surface area contributed by atoms with Crippen LogP contribution in [0.4, 0.5) is 5.69 Å². The fourth-order valence-corrected chi connectivity index (χ4v) is 2.64. The zero-order chi connectivity index (χ0) is 11.4. The molecule has 1 saturated heterocycles. The summed E-state index contributed by atoms with van der Waals surface area (Å²) in [5.41, 5.74) is 1.32. The Morgan fingerprint density at radius 3 is 2.56 bits per heavy atom. The highest BCUT2D eigenvalue weighted by atomic mass is 32.2. The maximum atomic E-state index is 10.5. The quantitative estimate of drug-likeness (QED) is 0.630. The van der Waals surface area contributed by atoms with Crippen LogP contribution in [-0.4, -0.2) is 23.8 Å². The van der Waals surface area contributed by atoms with Crippen molar-refractivity contribution in [2.45, 2.75) is 5.75 Å². The van der Waals surface area contributed by atoms with Gasteiger partial charge in [-0.05, 0) is 30.3 Å². The largest absolute Gasteiger partial charge is 0.316 e. The maximum absolute atomic E-state index is 10.5. The van der Waals surface area contributed by atoms with Crippen molar-refractivity contribution in [3.05, 3.63) is 39.9 Å². The second-order valence-corrected chi connectivity index (χ2v) is 4.99. The Morgan fingerprint density at radius 1 is 1.38 bits per heavy atom. The van der Waals surface area contributed by atoms with Gasteiger partial charge in [-0.3, -0.25) is 10.1 Å². The molecule has 0 radical (unpaired) electrons. The smallest absolute Gasteiger partial charge is 0.269 e.